The predicted molar refractivity (Wildman–Crippen MR) is 101 cm³/mol. The number of benzene rings is 1. The van der Waals surface area contributed by atoms with E-state index in [1.807, 2.05) is 18.2 Å². The summed E-state index contributed by atoms with van der Waals surface area (Å²) in [4.78, 5) is 20.5. The van der Waals surface area contributed by atoms with Gasteiger partial charge in [-0.3, -0.25) is 4.79 Å². The number of anilines is 3. The van der Waals surface area contributed by atoms with Gasteiger partial charge in [0, 0.05) is 49.8 Å². The molecule has 1 aliphatic rings. The number of fused-ring (bicyclic) bond motifs is 1. The molecule has 0 radical (unpaired) electrons. The van der Waals surface area contributed by atoms with Crippen LogP contribution >= 0.6 is 0 Å². The Bertz CT molecular complexity index is 933. The molecule has 140 valence electrons. The Labute approximate surface area is 156 Å². The summed E-state index contributed by atoms with van der Waals surface area (Å²) in [7, 11) is 1.61. The van der Waals surface area contributed by atoms with Crippen molar-refractivity contribution in [2.24, 2.45) is 0 Å². The molecule has 1 fully saturated rings. The number of aromatic nitrogens is 4. The molecule has 0 saturated carbocycles. The van der Waals surface area contributed by atoms with Crippen LogP contribution in [-0.4, -0.2) is 51.8 Å². The monoisotopic (exact) mass is 367 g/mol. The van der Waals surface area contributed by atoms with Crippen molar-refractivity contribution in [2.45, 2.75) is 18.9 Å². The Kier molecular flexibility index (Phi) is 4.84. The first kappa shape index (κ1) is 17.2. The van der Waals surface area contributed by atoms with E-state index in [9.17, 15) is 4.79 Å². The van der Waals surface area contributed by atoms with Gasteiger partial charge in [-0.1, -0.05) is 0 Å². The van der Waals surface area contributed by atoms with E-state index < -0.39 is 0 Å². The minimum Gasteiger partial charge on any atom is -0.381 e. The average molecular weight is 367 g/mol. The third-order valence-corrected chi connectivity index (χ3v) is 4.44. The van der Waals surface area contributed by atoms with Crippen LogP contribution in [0, 0.1) is 0 Å². The molecule has 0 bridgehead atoms. The highest BCUT2D eigenvalue weighted by Gasteiger charge is 2.16. The first-order valence-electron chi connectivity index (χ1n) is 8.88. The minimum absolute atomic E-state index is 0.123. The molecule has 0 aliphatic carbocycles. The number of rotatable bonds is 5. The summed E-state index contributed by atoms with van der Waals surface area (Å²) >= 11 is 0. The van der Waals surface area contributed by atoms with Gasteiger partial charge in [0.2, 0.25) is 11.9 Å². The second-order valence-electron chi connectivity index (χ2n) is 6.29. The van der Waals surface area contributed by atoms with Gasteiger partial charge >= 0.3 is 0 Å². The fourth-order valence-corrected chi connectivity index (χ4v) is 2.97. The van der Waals surface area contributed by atoms with Crippen molar-refractivity contribution < 1.29 is 9.53 Å². The van der Waals surface area contributed by atoms with E-state index >= 15 is 0 Å². The molecule has 1 aromatic carbocycles. The first-order chi connectivity index (χ1) is 13.2. The number of ether oxygens (including phenoxy) is 1. The minimum atomic E-state index is -0.123. The van der Waals surface area contributed by atoms with Gasteiger partial charge in [-0.05, 0) is 37.1 Å². The third-order valence-electron chi connectivity index (χ3n) is 4.44. The van der Waals surface area contributed by atoms with E-state index in [-0.39, 0.29) is 5.91 Å². The molecule has 1 saturated heterocycles. The highest BCUT2D eigenvalue weighted by atomic mass is 16.5. The van der Waals surface area contributed by atoms with E-state index in [1.165, 1.54) is 0 Å². The standard InChI is InChI=1S/C18H21N7O2/c1-19-16(26)12-2-4-13(5-3-12)21-17-23-15-6-9-20-18(25(15)24-17)22-14-7-10-27-11-8-14/h2-6,9,14H,7-8,10-11H2,1H3,(H,19,26)(H,20,22)(H,21,24). The molecule has 0 unspecified atom stereocenters. The van der Waals surface area contributed by atoms with Crippen molar-refractivity contribution in [2.75, 3.05) is 30.9 Å². The average Bonchev–Trinajstić information content (AvgIpc) is 3.12. The zero-order valence-corrected chi connectivity index (χ0v) is 15.0. The van der Waals surface area contributed by atoms with Crippen LogP contribution in [-0.2, 0) is 4.74 Å². The number of hydrogen-bond donors (Lipinski definition) is 3. The molecule has 3 aromatic rings. The van der Waals surface area contributed by atoms with Crippen LogP contribution in [0.25, 0.3) is 5.65 Å². The molecular formula is C18H21N7O2. The maximum Gasteiger partial charge on any atom is 0.251 e. The molecule has 1 aliphatic heterocycles. The molecule has 9 heteroatoms. The molecule has 0 spiro atoms. The first-order valence-corrected chi connectivity index (χ1v) is 8.88. The normalized spacial score (nSPS) is 14.9. The summed E-state index contributed by atoms with van der Waals surface area (Å²) in [6.07, 6.45) is 3.60. The van der Waals surface area contributed by atoms with Crippen LogP contribution in [0.4, 0.5) is 17.6 Å². The number of nitrogens with zero attached hydrogens (tertiary/aromatic N) is 4. The maximum atomic E-state index is 11.6. The molecule has 3 N–H and O–H groups in total. The van der Waals surface area contributed by atoms with Gasteiger partial charge in [-0.15, -0.1) is 5.10 Å². The van der Waals surface area contributed by atoms with Crippen molar-refractivity contribution in [3.05, 3.63) is 42.1 Å². The smallest absolute Gasteiger partial charge is 0.251 e. The fraction of sp³-hybridized carbons (Fsp3) is 0.333. The van der Waals surface area contributed by atoms with Gasteiger partial charge in [-0.2, -0.15) is 9.50 Å². The summed E-state index contributed by atoms with van der Waals surface area (Å²) in [5.74, 6) is 1.00. The van der Waals surface area contributed by atoms with Crippen molar-refractivity contribution >= 4 is 29.1 Å². The van der Waals surface area contributed by atoms with Gasteiger partial charge in [0.25, 0.3) is 5.91 Å². The van der Waals surface area contributed by atoms with Crippen LogP contribution in [0.5, 0.6) is 0 Å². The largest absolute Gasteiger partial charge is 0.381 e. The van der Waals surface area contributed by atoms with E-state index in [4.69, 9.17) is 4.74 Å². The fourth-order valence-electron chi connectivity index (χ4n) is 2.97. The lowest BCUT2D eigenvalue weighted by atomic mass is 10.1. The Balaban J connectivity index is 1.52. The SMILES string of the molecule is CNC(=O)c1ccc(Nc2nc3ccnc(NC4CCOCC4)n3n2)cc1. The van der Waals surface area contributed by atoms with Crippen LogP contribution in [0.3, 0.4) is 0 Å². The lowest BCUT2D eigenvalue weighted by Crippen LogP contribution is -2.29. The molecule has 9 nitrogen and oxygen atoms in total. The van der Waals surface area contributed by atoms with Gasteiger partial charge in [0.1, 0.15) is 0 Å². The van der Waals surface area contributed by atoms with Gasteiger partial charge in [-0.25, -0.2) is 4.98 Å². The Morgan fingerprint density at radius 2 is 1.96 bits per heavy atom. The number of amides is 1. The molecule has 2 aromatic heterocycles. The van der Waals surface area contributed by atoms with Crippen molar-refractivity contribution in [1.82, 2.24) is 24.9 Å². The summed E-state index contributed by atoms with van der Waals surface area (Å²) in [5.41, 5.74) is 2.09. The summed E-state index contributed by atoms with van der Waals surface area (Å²) < 4.78 is 7.09. The van der Waals surface area contributed by atoms with E-state index in [0.29, 0.717) is 29.1 Å². The van der Waals surface area contributed by atoms with Crippen LogP contribution in [0.1, 0.15) is 23.2 Å². The highest BCUT2D eigenvalue weighted by Crippen LogP contribution is 2.18. The van der Waals surface area contributed by atoms with Gasteiger partial charge < -0.3 is 20.7 Å². The number of nitrogens with one attached hydrogen (secondary N) is 3. The van der Waals surface area contributed by atoms with Gasteiger partial charge in [0.15, 0.2) is 5.65 Å². The van der Waals surface area contributed by atoms with Crippen molar-refractivity contribution in [3.63, 3.8) is 0 Å². The lowest BCUT2D eigenvalue weighted by molar-refractivity contribution is 0.0902. The number of carbonyl (C=O) groups is 1. The number of hydrogen-bond acceptors (Lipinski definition) is 7. The quantitative estimate of drug-likeness (QED) is 0.632. The summed E-state index contributed by atoms with van der Waals surface area (Å²) in [6, 6.07) is 9.25. The second-order valence-corrected chi connectivity index (χ2v) is 6.29. The molecule has 0 atom stereocenters. The van der Waals surface area contributed by atoms with E-state index in [1.54, 1.807) is 29.9 Å². The van der Waals surface area contributed by atoms with Crippen LogP contribution in [0.2, 0.25) is 0 Å². The van der Waals surface area contributed by atoms with E-state index in [0.717, 1.165) is 31.7 Å². The Morgan fingerprint density at radius 1 is 1.19 bits per heavy atom. The van der Waals surface area contributed by atoms with Crippen molar-refractivity contribution in [1.29, 1.82) is 0 Å². The Hall–Kier alpha value is -3.20. The van der Waals surface area contributed by atoms with Crippen LogP contribution in [0.15, 0.2) is 36.5 Å². The number of carbonyl (C=O) groups excluding carboxylic acids is 1. The van der Waals surface area contributed by atoms with Crippen LogP contribution < -0.4 is 16.0 Å². The van der Waals surface area contributed by atoms with E-state index in [2.05, 4.69) is 31.0 Å². The third kappa shape index (κ3) is 3.82. The second kappa shape index (κ2) is 7.58. The van der Waals surface area contributed by atoms with Crippen molar-refractivity contribution in [3.8, 4) is 0 Å². The Morgan fingerprint density at radius 3 is 2.70 bits per heavy atom. The molecule has 27 heavy (non-hydrogen) atoms. The zero-order chi connectivity index (χ0) is 18.6. The molecule has 4 rings (SSSR count). The summed E-state index contributed by atoms with van der Waals surface area (Å²) in [5, 5.41) is 13.7. The topological polar surface area (TPSA) is 105 Å². The maximum absolute atomic E-state index is 11.6. The molecular weight excluding hydrogens is 346 g/mol. The summed E-state index contributed by atoms with van der Waals surface area (Å²) in [6.45, 7) is 1.51. The predicted octanol–water partition coefficient (Wildman–Crippen LogP) is 1.82. The lowest BCUT2D eigenvalue weighted by Gasteiger charge is -2.23. The zero-order valence-electron chi connectivity index (χ0n) is 15.0. The highest BCUT2D eigenvalue weighted by molar-refractivity contribution is 5.94. The van der Waals surface area contributed by atoms with Gasteiger partial charge in [0.05, 0.1) is 0 Å². The molecule has 3 heterocycles. The molecule has 1 amide bonds.